The molecular formula is C27H22N2O6. The van der Waals surface area contributed by atoms with E-state index in [4.69, 9.17) is 19.2 Å². The zero-order valence-corrected chi connectivity index (χ0v) is 18.9. The lowest BCUT2D eigenvalue weighted by molar-refractivity contribution is -0.143. The summed E-state index contributed by atoms with van der Waals surface area (Å²) in [6.45, 7) is 0.123. The number of rotatable bonds is 4. The molecule has 0 radical (unpaired) electrons. The SMILES string of the molecule is O=C(OCC(=O)N1CCCC1=O)c1c2c(nc3ccccc13)/C(=C\c1ccc3c(c1)OCO3)CC2. The highest BCUT2D eigenvalue weighted by Gasteiger charge is 2.30. The minimum Gasteiger partial charge on any atom is -0.454 e. The maximum absolute atomic E-state index is 13.3. The molecule has 0 unspecified atom stereocenters. The molecule has 6 rings (SSSR count). The van der Waals surface area contributed by atoms with Crippen LogP contribution in [0.15, 0.2) is 42.5 Å². The number of allylic oxidation sites excluding steroid dienone is 1. The largest absolute Gasteiger partial charge is 0.454 e. The van der Waals surface area contributed by atoms with E-state index in [0.29, 0.717) is 54.4 Å². The minimum atomic E-state index is -0.579. The molecule has 1 aliphatic carbocycles. The molecule has 0 spiro atoms. The maximum atomic E-state index is 13.3. The van der Waals surface area contributed by atoms with Crippen molar-refractivity contribution >= 4 is 40.3 Å². The van der Waals surface area contributed by atoms with Crippen molar-refractivity contribution in [2.75, 3.05) is 19.9 Å². The Morgan fingerprint density at radius 1 is 1.06 bits per heavy atom. The van der Waals surface area contributed by atoms with E-state index in [-0.39, 0.29) is 12.7 Å². The molecule has 8 heteroatoms. The van der Waals surface area contributed by atoms with E-state index in [1.165, 1.54) is 0 Å². The van der Waals surface area contributed by atoms with Crippen molar-refractivity contribution in [2.45, 2.75) is 25.7 Å². The smallest absolute Gasteiger partial charge is 0.339 e. The lowest BCUT2D eigenvalue weighted by Gasteiger charge is -2.15. The van der Waals surface area contributed by atoms with Gasteiger partial charge in [-0.1, -0.05) is 24.3 Å². The third kappa shape index (κ3) is 3.80. The topological polar surface area (TPSA) is 95.0 Å². The number of amides is 2. The molecule has 1 aromatic heterocycles. The molecule has 0 atom stereocenters. The summed E-state index contributed by atoms with van der Waals surface area (Å²) in [5.74, 6) is 0.135. The molecule has 1 saturated heterocycles. The molecule has 3 heterocycles. The summed E-state index contributed by atoms with van der Waals surface area (Å²) in [6.07, 6.45) is 4.38. The van der Waals surface area contributed by atoms with E-state index in [2.05, 4.69) is 0 Å². The van der Waals surface area contributed by atoms with Gasteiger partial charge in [0.05, 0.1) is 16.8 Å². The summed E-state index contributed by atoms with van der Waals surface area (Å²) in [6, 6.07) is 13.2. The molecule has 35 heavy (non-hydrogen) atoms. The number of esters is 1. The van der Waals surface area contributed by atoms with Crippen molar-refractivity contribution in [3.63, 3.8) is 0 Å². The second-order valence-electron chi connectivity index (χ2n) is 8.73. The quantitative estimate of drug-likeness (QED) is 0.536. The average molecular weight is 470 g/mol. The van der Waals surface area contributed by atoms with Crippen molar-refractivity contribution in [1.29, 1.82) is 0 Å². The van der Waals surface area contributed by atoms with Crippen LogP contribution in [-0.4, -0.2) is 47.6 Å². The lowest BCUT2D eigenvalue weighted by Crippen LogP contribution is -2.35. The number of carbonyl (C=O) groups is 3. The molecule has 3 aliphatic rings. The van der Waals surface area contributed by atoms with Crippen LogP contribution in [0.25, 0.3) is 22.6 Å². The molecule has 0 bridgehead atoms. The van der Waals surface area contributed by atoms with Crippen LogP contribution >= 0.6 is 0 Å². The number of hydrogen-bond acceptors (Lipinski definition) is 7. The predicted octanol–water partition coefficient (Wildman–Crippen LogP) is 3.76. The Balaban J connectivity index is 1.34. The summed E-state index contributed by atoms with van der Waals surface area (Å²) in [5, 5.41) is 0.685. The summed E-state index contributed by atoms with van der Waals surface area (Å²) in [5.41, 5.74) is 4.65. The highest BCUT2D eigenvalue weighted by molar-refractivity contribution is 6.08. The number of nitrogens with zero attached hydrogens (tertiary/aromatic N) is 2. The van der Waals surface area contributed by atoms with Crippen molar-refractivity contribution in [3.8, 4) is 11.5 Å². The van der Waals surface area contributed by atoms with E-state index in [1.54, 1.807) is 0 Å². The number of ether oxygens (including phenoxy) is 3. The van der Waals surface area contributed by atoms with E-state index in [0.717, 1.165) is 33.0 Å². The Morgan fingerprint density at radius 3 is 2.77 bits per heavy atom. The van der Waals surface area contributed by atoms with Gasteiger partial charge in [-0.2, -0.15) is 0 Å². The third-order valence-corrected chi connectivity index (χ3v) is 6.58. The van der Waals surface area contributed by atoms with E-state index >= 15 is 0 Å². The van der Waals surface area contributed by atoms with Gasteiger partial charge in [0.15, 0.2) is 18.1 Å². The number of likely N-dealkylation sites (tertiary alicyclic amines) is 1. The van der Waals surface area contributed by atoms with Crippen LogP contribution in [0, 0.1) is 0 Å². The monoisotopic (exact) mass is 470 g/mol. The molecule has 1 fully saturated rings. The van der Waals surface area contributed by atoms with Crippen LogP contribution in [0.3, 0.4) is 0 Å². The molecule has 2 amide bonds. The van der Waals surface area contributed by atoms with Gasteiger partial charge in [0.2, 0.25) is 12.7 Å². The molecule has 8 nitrogen and oxygen atoms in total. The molecule has 176 valence electrons. The Morgan fingerprint density at radius 2 is 1.91 bits per heavy atom. The Kier molecular flexibility index (Phi) is 5.21. The number of benzene rings is 2. The number of imide groups is 1. The summed E-state index contributed by atoms with van der Waals surface area (Å²) >= 11 is 0. The Hall–Kier alpha value is -4.20. The first-order valence-electron chi connectivity index (χ1n) is 11.6. The van der Waals surface area contributed by atoms with E-state index < -0.39 is 18.5 Å². The van der Waals surface area contributed by atoms with Gasteiger partial charge in [0.25, 0.3) is 5.91 Å². The summed E-state index contributed by atoms with van der Waals surface area (Å²) in [7, 11) is 0. The highest BCUT2D eigenvalue weighted by atomic mass is 16.7. The van der Waals surface area contributed by atoms with Crippen LogP contribution in [0.2, 0.25) is 0 Å². The first-order valence-corrected chi connectivity index (χ1v) is 11.6. The fraction of sp³-hybridized carbons (Fsp3) is 0.259. The number of para-hydroxylation sites is 1. The number of carbonyl (C=O) groups excluding carboxylic acids is 3. The number of pyridine rings is 1. The minimum absolute atomic E-state index is 0.214. The van der Waals surface area contributed by atoms with Gasteiger partial charge in [0.1, 0.15) is 0 Å². The van der Waals surface area contributed by atoms with E-state index in [9.17, 15) is 14.4 Å². The molecule has 0 N–H and O–H groups in total. The second kappa shape index (κ2) is 8.54. The molecular weight excluding hydrogens is 448 g/mol. The van der Waals surface area contributed by atoms with Crippen LogP contribution in [0.4, 0.5) is 0 Å². The van der Waals surface area contributed by atoms with Gasteiger partial charge >= 0.3 is 5.97 Å². The van der Waals surface area contributed by atoms with Crippen LogP contribution in [-0.2, 0) is 20.7 Å². The first kappa shape index (κ1) is 21.3. The van der Waals surface area contributed by atoms with Crippen LogP contribution < -0.4 is 9.47 Å². The Labute approximate surface area is 201 Å². The van der Waals surface area contributed by atoms with Gasteiger partial charge in [-0.25, -0.2) is 9.78 Å². The number of hydrogen-bond donors (Lipinski definition) is 0. The van der Waals surface area contributed by atoms with Gasteiger partial charge in [-0.05, 0) is 60.2 Å². The average Bonchev–Trinajstić information content (AvgIpc) is 3.61. The highest BCUT2D eigenvalue weighted by Crippen LogP contribution is 2.39. The molecule has 2 aliphatic heterocycles. The molecule has 0 saturated carbocycles. The maximum Gasteiger partial charge on any atom is 0.339 e. The van der Waals surface area contributed by atoms with Crippen LogP contribution in [0.1, 0.15) is 46.4 Å². The molecule has 3 aromatic rings. The number of fused-ring (bicyclic) bond motifs is 3. The van der Waals surface area contributed by atoms with E-state index in [1.807, 2.05) is 48.5 Å². The van der Waals surface area contributed by atoms with Crippen molar-refractivity contribution in [3.05, 3.63) is 64.8 Å². The van der Waals surface area contributed by atoms with Gasteiger partial charge in [-0.3, -0.25) is 14.5 Å². The summed E-state index contributed by atoms with van der Waals surface area (Å²) in [4.78, 5) is 43.5. The standard InChI is InChI=1S/C27H22N2O6/c30-23-6-3-11-29(23)24(31)14-33-27(32)25-18-4-1-2-5-20(18)28-26-17(8-9-19(25)26)12-16-7-10-21-22(13-16)35-15-34-21/h1-2,4-5,7,10,12-13H,3,6,8-9,11,14-15H2/b17-12-. The van der Waals surface area contributed by atoms with Gasteiger partial charge < -0.3 is 14.2 Å². The zero-order valence-electron chi connectivity index (χ0n) is 18.9. The van der Waals surface area contributed by atoms with Crippen molar-refractivity contribution in [1.82, 2.24) is 9.88 Å². The van der Waals surface area contributed by atoms with Crippen molar-refractivity contribution < 1.29 is 28.6 Å². The second-order valence-corrected chi connectivity index (χ2v) is 8.73. The van der Waals surface area contributed by atoms with Gasteiger partial charge in [-0.15, -0.1) is 0 Å². The first-order chi connectivity index (χ1) is 17.1. The van der Waals surface area contributed by atoms with Crippen LogP contribution in [0.5, 0.6) is 11.5 Å². The molecule has 2 aromatic carbocycles. The fourth-order valence-electron chi connectivity index (χ4n) is 4.91. The summed E-state index contributed by atoms with van der Waals surface area (Å²) < 4.78 is 16.3. The lowest BCUT2D eigenvalue weighted by atomic mass is 10.0. The van der Waals surface area contributed by atoms with Crippen molar-refractivity contribution in [2.24, 2.45) is 0 Å². The third-order valence-electron chi connectivity index (χ3n) is 6.58. The van der Waals surface area contributed by atoms with Gasteiger partial charge in [0, 0.05) is 18.4 Å². The normalized spacial score (nSPS) is 17.3. The number of aromatic nitrogens is 1. The Bertz CT molecular complexity index is 1430. The zero-order chi connectivity index (χ0) is 23.9. The fourth-order valence-corrected chi connectivity index (χ4v) is 4.91. The predicted molar refractivity (Wildman–Crippen MR) is 127 cm³/mol.